The zero-order valence-corrected chi connectivity index (χ0v) is 16.0. The van der Waals surface area contributed by atoms with Gasteiger partial charge in [0, 0.05) is 20.6 Å². The van der Waals surface area contributed by atoms with Crippen molar-refractivity contribution in [3.8, 4) is 11.5 Å². The molecular formula is C19H23N5O4. The summed E-state index contributed by atoms with van der Waals surface area (Å²) in [6.07, 6.45) is 0.259. The topological polar surface area (TPSA) is 88.9 Å². The summed E-state index contributed by atoms with van der Waals surface area (Å²) in [5.74, 6) is 1.28. The lowest BCUT2D eigenvalue weighted by Crippen LogP contribution is -2.43. The van der Waals surface area contributed by atoms with Gasteiger partial charge < -0.3 is 24.6 Å². The van der Waals surface area contributed by atoms with Crippen LogP contribution in [0.2, 0.25) is 0 Å². The van der Waals surface area contributed by atoms with Gasteiger partial charge in [-0.15, -0.1) is 0 Å². The minimum Gasteiger partial charge on any atom is -0.454 e. The molecule has 2 aliphatic heterocycles. The minimum atomic E-state index is -0.0887. The van der Waals surface area contributed by atoms with Crippen LogP contribution in [0.25, 0.3) is 0 Å². The van der Waals surface area contributed by atoms with Gasteiger partial charge in [0.05, 0.1) is 37.4 Å². The van der Waals surface area contributed by atoms with E-state index in [0.29, 0.717) is 37.7 Å². The number of nitrogens with one attached hydrogen (secondary N) is 1. The van der Waals surface area contributed by atoms with Gasteiger partial charge in [-0.3, -0.25) is 9.48 Å². The first-order chi connectivity index (χ1) is 13.5. The first-order valence-corrected chi connectivity index (χ1v) is 9.16. The van der Waals surface area contributed by atoms with Crippen molar-refractivity contribution >= 4 is 11.9 Å². The molecule has 0 saturated carbocycles. The van der Waals surface area contributed by atoms with E-state index in [0.717, 1.165) is 17.0 Å². The summed E-state index contributed by atoms with van der Waals surface area (Å²) in [6.45, 7) is 2.37. The van der Waals surface area contributed by atoms with Gasteiger partial charge in [0.1, 0.15) is 0 Å². The molecule has 9 heteroatoms. The highest BCUT2D eigenvalue weighted by atomic mass is 16.7. The molecule has 0 unspecified atom stereocenters. The number of hydrogen-bond donors (Lipinski definition) is 1. The number of urea groups is 1. The molecule has 0 bridgehead atoms. The third kappa shape index (κ3) is 3.73. The highest BCUT2D eigenvalue weighted by Gasteiger charge is 2.23. The van der Waals surface area contributed by atoms with Crippen LogP contribution < -0.4 is 14.8 Å². The van der Waals surface area contributed by atoms with Crippen molar-refractivity contribution in [3.05, 3.63) is 41.2 Å². The van der Waals surface area contributed by atoms with Crippen LogP contribution in [0.5, 0.6) is 11.5 Å². The van der Waals surface area contributed by atoms with Crippen molar-refractivity contribution in [1.29, 1.82) is 0 Å². The number of carbonyl (C=O) groups is 2. The molecule has 3 heterocycles. The molecule has 0 radical (unpaired) electrons. The van der Waals surface area contributed by atoms with Crippen molar-refractivity contribution in [1.82, 2.24) is 24.9 Å². The fourth-order valence-electron chi connectivity index (χ4n) is 3.35. The average molecular weight is 385 g/mol. The molecule has 1 aromatic carbocycles. The zero-order valence-electron chi connectivity index (χ0n) is 16.0. The maximum atomic E-state index is 12.3. The second-order valence-electron chi connectivity index (χ2n) is 7.09. The van der Waals surface area contributed by atoms with Crippen molar-refractivity contribution < 1.29 is 19.1 Å². The Bertz CT molecular complexity index is 908. The van der Waals surface area contributed by atoms with Crippen LogP contribution in [0.15, 0.2) is 24.3 Å². The van der Waals surface area contributed by atoms with Crippen molar-refractivity contribution in [3.63, 3.8) is 0 Å². The molecule has 0 aliphatic carbocycles. The largest absolute Gasteiger partial charge is 0.454 e. The van der Waals surface area contributed by atoms with Gasteiger partial charge in [0.25, 0.3) is 0 Å². The predicted octanol–water partition coefficient (Wildman–Crippen LogP) is 0.968. The van der Waals surface area contributed by atoms with Crippen LogP contribution in [0, 0.1) is 0 Å². The average Bonchev–Trinajstić information content (AvgIpc) is 3.30. The Morgan fingerprint density at radius 1 is 1.18 bits per heavy atom. The molecule has 4 rings (SSSR count). The Labute approximate surface area is 162 Å². The third-order valence-corrected chi connectivity index (χ3v) is 4.77. The maximum Gasteiger partial charge on any atom is 0.319 e. The molecule has 0 saturated heterocycles. The molecule has 0 fully saturated rings. The number of hydrogen-bond acceptors (Lipinski definition) is 5. The first-order valence-electron chi connectivity index (χ1n) is 9.16. The van der Waals surface area contributed by atoms with Crippen LogP contribution in [-0.2, 0) is 30.8 Å². The second kappa shape index (κ2) is 7.41. The highest BCUT2D eigenvalue weighted by molar-refractivity contribution is 5.78. The number of ether oxygens (including phenoxy) is 2. The lowest BCUT2D eigenvalue weighted by atomic mass is 10.1. The number of aromatic nitrogens is 2. The highest BCUT2D eigenvalue weighted by Crippen LogP contribution is 2.32. The van der Waals surface area contributed by atoms with Gasteiger partial charge in [0.2, 0.25) is 12.7 Å². The summed E-state index contributed by atoms with van der Waals surface area (Å²) in [4.78, 5) is 27.8. The fraction of sp³-hybridized carbons (Fsp3) is 0.421. The molecule has 2 aliphatic rings. The number of rotatable bonds is 4. The van der Waals surface area contributed by atoms with Crippen LogP contribution in [0.1, 0.15) is 17.0 Å². The molecule has 3 amide bonds. The number of amides is 3. The van der Waals surface area contributed by atoms with E-state index >= 15 is 0 Å². The number of nitrogens with zero attached hydrogens (tertiary/aromatic N) is 4. The van der Waals surface area contributed by atoms with Gasteiger partial charge >= 0.3 is 6.03 Å². The Hall–Kier alpha value is -3.23. The van der Waals surface area contributed by atoms with Gasteiger partial charge in [-0.05, 0) is 23.8 Å². The fourth-order valence-corrected chi connectivity index (χ4v) is 3.35. The predicted molar refractivity (Wildman–Crippen MR) is 99.8 cm³/mol. The lowest BCUT2D eigenvalue weighted by Gasteiger charge is -2.29. The van der Waals surface area contributed by atoms with Gasteiger partial charge in [0.15, 0.2) is 11.5 Å². The van der Waals surface area contributed by atoms with E-state index in [4.69, 9.17) is 9.47 Å². The number of benzene rings is 1. The normalized spacial score (nSPS) is 14.6. The molecule has 2 aromatic rings. The quantitative estimate of drug-likeness (QED) is 0.847. The number of fused-ring (bicyclic) bond motifs is 2. The van der Waals surface area contributed by atoms with E-state index in [2.05, 4.69) is 10.4 Å². The Morgan fingerprint density at radius 3 is 2.82 bits per heavy atom. The van der Waals surface area contributed by atoms with Crippen LogP contribution in [-0.4, -0.2) is 59.0 Å². The molecule has 1 aromatic heterocycles. The van der Waals surface area contributed by atoms with Crippen molar-refractivity contribution in [2.24, 2.45) is 0 Å². The standard InChI is InChI=1S/C19H23N5O4/c1-22(2)19(26)23-5-6-24-15(11-23)9-14(21-24)10-20-18(25)8-13-3-4-16-17(7-13)28-12-27-16/h3-4,7,9H,5-6,8,10-12H2,1-2H3,(H,20,25). The van der Waals surface area contributed by atoms with E-state index in [1.165, 1.54) is 0 Å². The van der Waals surface area contributed by atoms with Crippen LogP contribution in [0.4, 0.5) is 4.79 Å². The van der Waals surface area contributed by atoms with E-state index in [1.54, 1.807) is 23.9 Å². The van der Waals surface area contributed by atoms with Crippen molar-refractivity contribution in [2.75, 3.05) is 27.4 Å². The maximum absolute atomic E-state index is 12.3. The van der Waals surface area contributed by atoms with E-state index in [-0.39, 0.29) is 25.2 Å². The SMILES string of the molecule is CN(C)C(=O)N1CCn2nc(CNC(=O)Cc3ccc4c(c3)OCO4)cc2C1. The second-order valence-corrected chi connectivity index (χ2v) is 7.09. The minimum absolute atomic E-state index is 0.00831. The lowest BCUT2D eigenvalue weighted by molar-refractivity contribution is -0.120. The first kappa shape index (κ1) is 18.1. The summed E-state index contributed by atoms with van der Waals surface area (Å²) in [5, 5.41) is 7.43. The van der Waals surface area contributed by atoms with Gasteiger partial charge in [-0.1, -0.05) is 6.07 Å². The van der Waals surface area contributed by atoms with Crippen LogP contribution in [0.3, 0.4) is 0 Å². The molecule has 0 atom stereocenters. The zero-order chi connectivity index (χ0) is 19.7. The molecule has 148 valence electrons. The third-order valence-electron chi connectivity index (χ3n) is 4.77. The van der Waals surface area contributed by atoms with E-state index in [9.17, 15) is 9.59 Å². The molecule has 9 nitrogen and oxygen atoms in total. The molecule has 1 N–H and O–H groups in total. The van der Waals surface area contributed by atoms with Crippen molar-refractivity contribution in [2.45, 2.75) is 26.1 Å². The Balaban J connectivity index is 1.32. The Morgan fingerprint density at radius 2 is 2.00 bits per heavy atom. The molecule has 28 heavy (non-hydrogen) atoms. The Kier molecular flexibility index (Phi) is 4.81. The smallest absolute Gasteiger partial charge is 0.319 e. The summed E-state index contributed by atoms with van der Waals surface area (Å²) in [6, 6.07) is 7.43. The summed E-state index contributed by atoms with van der Waals surface area (Å²) in [5.41, 5.74) is 2.62. The molecule has 0 spiro atoms. The van der Waals surface area contributed by atoms with E-state index < -0.39 is 0 Å². The summed E-state index contributed by atoms with van der Waals surface area (Å²) in [7, 11) is 3.49. The van der Waals surface area contributed by atoms with Gasteiger partial charge in [-0.25, -0.2) is 4.79 Å². The monoisotopic (exact) mass is 385 g/mol. The van der Waals surface area contributed by atoms with E-state index in [1.807, 2.05) is 28.9 Å². The summed E-state index contributed by atoms with van der Waals surface area (Å²) < 4.78 is 12.5. The van der Waals surface area contributed by atoms with Gasteiger partial charge in [-0.2, -0.15) is 5.10 Å². The number of carbonyl (C=O) groups excluding carboxylic acids is 2. The summed E-state index contributed by atoms with van der Waals surface area (Å²) >= 11 is 0. The molecular weight excluding hydrogens is 362 g/mol. The van der Waals surface area contributed by atoms with Crippen LogP contribution >= 0.6 is 0 Å².